The highest BCUT2D eigenvalue weighted by Gasteiger charge is 2.34. The molecule has 1 aliphatic rings. The minimum atomic E-state index is -0.427. The zero-order valence-electron chi connectivity index (χ0n) is 16.7. The fraction of sp³-hybridized carbons (Fsp3) is 0.304. The van der Waals surface area contributed by atoms with E-state index < -0.39 is 5.97 Å². The number of aromatic nitrogens is 1. The molecule has 5 nitrogen and oxygen atoms in total. The molecule has 1 saturated carbocycles. The molecule has 0 spiro atoms. The highest BCUT2D eigenvalue weighted by molar-refractivity contribution is 6.08. The van der Waals surface area contributed by atoms with Crippen molar-refractivity contribution in [1.29, 1.82) is 0 Å². The van der Waals surface area contributed by atoms with Gasteiger partial charge in [-0.25, -0.2) is 9.18 Å². The van der Waals surface area contributed by atoms with Gasteiger partial charge in [0.25, 0.3) is 0 Å². The van der Waals surface area contributed by atoms with Gasteiger partial charge in [-0.2, -0.15) is 0 Å². The summed E-state index contributed by atoms with van der Waals surface area (Å²) in [6.07, 6.45) is 1.97. The number of benzene rings is 2. The number of esters is 1. The molecule has 0 aliphatic heterocycles. The van der Waals surface area contributed by atoms with Crippen molar-refractivity contribution in [3.8, 4) is 5.75 Å². The van der Waals surface area contributed by atoms with Crippen molar-refractivity contribution in [2.45, 2.75) is 25.7 Å². The molecular weight excluding hydrogens is 371 g/mol. The van der Waals surface area contributed by atoms with E-state index in [1.54, 1.807) is 20.1 Å². The van der Waals surface area contributed by atoms with E-state index in [2.05, 4.69) is 0 Å². The van der Waals surface area contributed by atoms with Crippen molar-refractivity contribution in [1.82, 2.24) is 4.98 Å². The Labute approximate surface area is 169 Å². The van der Waals surface area contributed by atoms with Gasteiger partial charge in [-0.05, 0) is 62.2 Å². The maximum Gasteiger partial charge on any atom is 0.342 e. The predicted molar refractivity (Wildman–Crippen MR) is 111 cm³/mol. The quantitative estimate of drug-likeness (QED) is 0.538. The van der Waals surface area contributed by atoms with Crippen LogP contribution in [0.5, 0.6) is 5.75 Å². The molecule has 1 heterocycles. The zero-order valence-corrected chi connectivity index (χ0v) is 16.7. The van der Waals surface area contributed by atoms with E-state index in [4.69, 9.17) is 14.5 Å². The zero-order chi connectivity index (χ0) is 20.5. The first-order chi connectivity index (χ1) is 14.0. The summed E-state index contributed by atoms with van der Waals surface area (Å²) >= 11 is 0. The highest BCUT2D eigenvalue weighted by atomic mass is 19.1. The minimum absolute atomic E-state index is 0.229. The minimum Gasteiger partial charge on any atom is -0.497 e. The van der Waals surface area contributed by atoms with Gasteiger partial charge in [-0.3, -0.25) is 4.98 Å². The lowest BCUT2D eigenvalue weighted by Crippen LogP contribution is -2.19. The number of methoxy groups -OCH3 is 1. The summed E-state index contributed by atoms with van der Waals surface area (Å²) in [6, 6.07) is 12.0. The average molecular weight is 394 g/mol. The van der Waals surface area contributed by atoms with Crippen molar-refractivity contribution in [2.75, 3.05) is 25.7 Å². The fourth-order valence-electron chi connectivity index (χ4n) is 3.58. The van der Waals surface area contributed by atoms with Gasteiger partial charge in [0.05, 0.1) is 30.6 Å². The van der Waals surface area contributed by atoms with Crippen LogP contribution in [0.4, 0.5) is 15.8 Å². The molecule has 0 bridgehead atoms. The largest absolute Gasteiger partial charge is 0.497 e. The molecule has 1 aromatic heterocycles. The summed E-state index contributed by atoms with van der Waals surface area (Å²) in [5.41, 5.74) is 3.27. The fourth-order valence-corrected chi connectivity index (χ4v) is 3.58. The van der Waals surface area contributed by atoms with E-state index in [0.717, 1.165) is 30.0 Å². The van der Waals surface area contributed by atoms with Crippen LogP contribution in [-0.4, -0.2) is 31.7 Å². The Morgan fingerprint density at radius 2 is 1.93 bits per heavy atom. The van der Waals surface area contributed by atoms with Crippen LogP contribution in [0.3, 0.4) is 0 Å². The summed E-state index contributed by atoms with van der Waals surface area (Å²) in [5.74, 6) is 0.157. The first-order valence-corrected chi connectivity index (χ1v) is 9.71. The van der Waals surface area contributed by atoms with E-state index >= 15 is 0 Å². The molecule has 0 atom stereocenters. The summed E-state index contributed by atoms with van der Waals surface area (Å²) in [6.45, 7) is 2.03. The third-order valence-electron chi connectivity index (χ3n) is 5.19. The molecule has 1 aliphatic carbocycles. The maximum absolute atomic E-state index is 14.2. The van der Waals surface area contributed by atoms with E-state index in [0.29, 0.717) is 22.2 Å². The van der Waals surface area contributed by atoms with Crippen LogP contribution in [0.1, 0.15) is 41.7 Å². The van der Waals surface area contributed by atoms with Crippen molar-refractivity contribution < 1.29 is 18.7 Å². The Morgan fingerprint density at radius 1 is 1.21 bits per heavy atom. The Morgan fingerprint density at radius 3 is 2.55 bits per heavy atom. The van der Waals surface area contributed by atoms with Gasteiger partial charge in [-0.15, -0.1) is 0 Å². The van der Waals surface area contributed by atoms with Crippen molar-refractivity contribution in [2.24, 2.45) is 0 Å². The average Bonchev–Trinajstić information content (AvgIpc) is 3.57. The number of anilines is 2. The first-order valence-electron chi connectivity index (χ1n) is 9.71. The summed E-state index contributed by atoms with van der Waals surface area (Å²) in [5, 5.41) is 0.579. The van der Waals surface area contributed by atoms with Crippen LogP contribution in [-0.2, 0) is 4.74 Å². The second-order valence-corrected chi connectivity index (χ2v) is 7.13. The van der Waals surface area contributed by atoms with E-state index in [1.807, 2.05) is 36.2 Å². The molecule has 2 aromatic carbocycles. The molecular formula is C23H23FN2O3. The maximum atomic E-state index is 14.2. The number of carbonyl (C=O) groups excluding carboxylic acids is 1. The second-order valence-electron chi connectivity index (χ2n) is 7.13. The lowest BCUT2D eigenvalue weighted by atomic mass is 10.0. The summed E-state index contributed by atoms with van der Waals surface area (Å²) in [7, 11) is 3.47. The van der Waals surface area contributed by atoms with Gasteiger partial charge in [0, 0.05) is 24.0 Å². The molecule has 0 amide bonds. The van der Waals surface area contributed by atoms with Gasteiger partial charge in [0.2, 0.25) is 0 Å². The molecule has 4 rings (SSSR count). The van der Waals surface area contributed by atoms with E-state index in [9.17, 15) is 9.18 Å². The topological polar surface area (TPSA) is 51.7 Å². The number of pyridine rings is 1. The molecule has 1 fully saturated rings. The summed E-state index contributed by atoms with van der Waals surface area (Å²) in [4.78, 5) is 19.6. The number of hydrogen-bond donors (Lipinski definition) is 0. The van der Waals surface area contributed by atoms with Crippen LogP contribution >= 0.6 is 0 Å². The third kappa shape index (κ3) is 3.62. The molecule has 0 N–H and O–H groups in total. The van der Waals surface area contributed by atoms with Crippen LogP contribution < -0.4 is 9.64 Å². The molecule has 29 heavy (non-hydrogen) atoms. The number of carbonyl (C=O) groups is 1. The SMILES string of the molecule is CCOC(=O)c1c(C2CC2)nc2ccc(F)cc2c1N(C)c1ccc(OC)cc1. The smallest absolute Gasteiger partial charge is 0.342 e. The van der Waals surface area contributed by atoms with Crippen LogP contribution in [0.2, 0.25) is 0 Å². The van der Waals surface area contributed by atoms with Crippen LogP contribution in [0.25, 0.3) is 10.9 Å². The number of halogens is 1. The van der Waals surface area contributed by atoms with Gasteiger partial charge in [0.1, 0.15) is 17.1 Å². The molecule has 150 valence electrons. The van der Waals surface area contributed by atoms with Crippen molar-refractivity contribution in [3.05, 3.63) is 59.5 Å². The Balaban J connectivity index is 1.98. The molecule has 3 aromatic rings. The van der Waals surface area contributed by atoms with Gasteiger partial charge >= 0.3 is 5.97 Å². The van der Waals surface area contributed by atoms with Crippen molar-refractivity contribution in [3.63, 3.8) is 0 Å². The standard InChI is InChI=1S/C23H23FN2O3/c1-4-29-23(27)20-21(14-5-6-14)25-19-12-7-15(24)13-18(19)22(20)26(2)16-8-10-17(28-3)11-9-16/h7-14H,4-6H2,1-3H3. The Kier molecular flexibility index (Phi) is 5.09. The van der Waals surface area contributed by atoms with Crippen molar-refractivity contribution >= 4 is 28.2 Å². The second kappa shape index (κ2) is 7.70. The lowest BCUT2D eigenvalue weighted by Gasteiger charge is -2.25. The number of hydrogen-bond acceptors (Lipinski definition) is 5. The normalized spacial score (nSPS) is 13.4. The Bertz CT molecular complexity index is 1060. The molecule has 6 heteroatoms. The monoisotopic (exact) mass is 394 g/mol. The van der Waals surface area contributed by atoms with Gasteiger partial charge < -0.3 is 14.4 Å². The molecule has 0 radical (unpaired) electrons. The van der Waals surface area contributed by atoms with Gasteiger partial charge in [0.15, 0.2) is 0 Å². The highest BCUT2D eigenvalue weighted by Crippen LogP contribution is 2.46. The molecule has 0 unspecified atom stereocenters. The van der Waals surface area contributed by atoms with Crippen LogP contribution in [0.15, 0.2) is 42.5 Å². The number of ether oxygens (including phenoxy) is 2. The van der Waals surface area contributed by atoms with Gasteiger partial charge in [-0.1, -0.05) is 0 Å². The third-order valence-corrected chi connectivity index (χ3v) is 5.19. The number of rotatable bonds is 6. The first kappa shape index (κ1) is 19.2. The van der Waals surface area contributed by atoms with E-state index in [1.165, 1.54) is 12.1 Å². The number of nitrogens with zero attached hydrogens (tertiary/aromatic N) is 2. The number of fused-ring (bicyclic) bond motifs is 1. The molecule has 0 saturated heterocycles. The predicted octanol–water partition coefficient (Wildman–Crippen LogP) is 5.20. The Hall–Kier alpha value is -3.15. The summed E-state index contributed by atoms with van der Waals surface area (Å²) < 4.78 is 24.8. The van der Waals surface area contributed by atoms with Crippen LogP contribution in [0, 0.1) is 5.82 Å². The van der Waals surface area contributed by atoms with E-state index in [-0.39, 0.29) is 18.3 Å². The lowest BCUT2D eigenvalue weighted by molar-refractivity contribution is 0.0525.